The van der Waals surface area contributed by atoms with E-state index in [4.69, 9.17) is 5.11 Å². The highest BCUT2D eigenvalue weighted by atomic mass is 79.9. The van der Waals surface area contributed by atoms with E-state index in [2.05, 4.69) is 15.9 Å². The molecule has 0 amide bonds. The van der Waals surface area contributed by atoms with Crippen molar-refractivity contribution in [3.63, 3.8) is 0 Å². The van der Waals surface area contributed by atoms with E-state index in [0.717, 1.165) is 10.0 Å². The third-order valence-corrected chi connectivity index (χ3v) is 3.38. The zero-order chi connectivity index (χ0) is 15.4. The van der Waals surface area contributed by atoms with Gasteiger partial charge in [0, 0.05) is 29.0 Å². The van der Waals surface area contributed by atoms with Crippen molar-refractivity contribution < 1.29 is 19.5 Å². The van der Waals surface area contributed by atoms with Crippen LogP contribution in [0, 0.1) is 0 Å². The van der Waals surface area contributed by atoms with E-state index in [1.807, 2.05) is 24.3 Å². The van der Waals surface area contributed by atoms with Gasteiger partial charge < -0.3 is 9.67 Å². The number of hydrogen-bond acceptors (Lipinski definition) is 3. The number of aliphatic carboxylic acids is 1. The average molecular weight is 350 g/mol. The van der Waals surface area contributed by atoms with E-state index >= 15 is 0 Å². The summed E-state index contributed by atoms with van der Waals surface area (Å²) in [6.07, 6.45) is 2.72. The highest BCUT2D eigenvalue weighted by Crippen LogP contribution is 2.14. The maximum Gasteiger partial charge on any atom is 0.372 e. The van der Waals surface area contributed by atoms with Crippen molar-refractivity contribution in [2.75, 3.05) is 0 Å². The molecule has 0 spiro atoms. The van der Waals surface area contributed by atoms with Gasteiger partial charge in [-0.3, -0.25) is 9.59 Å². The van der Waals surface area contributed by atoms with Gasteiger partial charge in [-0.1, -0.05) is 28.1 Å². The fraction of sp³-hybridized carbons (Fsp3) is 0.133. The lowest BCUT2D eigenvalue weighted by molar-refractivity contribution is -0.148. The van der Waals surface area contributed by atoms with E-state index in [1.54, 1.807) is 23.0 Å². The second-order valence-electron chi connectivity index (χ2n) is 4.53. The Balaban J connectivity index is 2.06. The van der Waals surface area contributed by atoms with Crippen LogP contribution in [0.1, 0.15) is 22.3 Å². The second-order valence-corrected chi connectivity index (χ2v) is 5.45. The lowest BCUT2D eigenvalue weighted by Crippen LogP contribution is -2.16. The van der Waals surface area contributed by atoms with Gasteiger partial charge in [-0.15, -0.1) is 0 Å². The van der Waals surface area contributed by atoms with Gasteiger partial charge in [0.05, 0.1) is 6.42 Å². The summed E-state index contributed by atoms with van der Waals surface area (Å²) < 4.78 is 2.77. The number of ketones is 2. The first-order valence-electron chi connectivity index (χ1n) is 6.15. The molecule has 5 nitrogen and oxygen atoms in total. The van der Waals surface area contributed by atoms with Crippen LogP contribution >= 0.6 is 15.9 Å². The van der Waals surface area contributed by atoms with Gasteiger partial charge in [0.15, 0.2) is 5.78 Å². The predicted octanol–water partition coefficient (Wildman–Crippen LogP) is 2.53. The van der Waals surface area contributed by atoms with Crippen molar-refractivity contribution in [2.45, 2.75) is 13.0 Å². The third kappa shape index (κ3) is 4.13. The first kappa shape index (κ1) is 15.2. The number of rotatable bonds is 6. The van der Waals surface area contributed by atoms with Crippen molar-refractivity contribution in [1.82, 2.24) is 4.57 Å². The van der Waals surface area contributed by atoms with Crippen LogP contribution in [0.25, 0.3) is 0 Å². The van der Waals surface area contributed by atoms with E-state index < -0.39 is 24.0 Å². The number of carbonyl (C=O) groups is 3. The first-order valence-corrected chi connectivity index (χ1v) is 6.94. The third-order valence-electron chi connectivity index (χ3n) is 2.89. The molecular weight excluding hydrogens is 338 g/mol. The predicted molar refractivity (Wildman–Crippen MR) is 79.3 cm³/mol. The Bertz CT molecular complexity index is 705. The summed E-state index contributed by atoms with van der Waals surface area (Å²) in [4.78, 5) is 33.2. The Hall–Kier alpha value is -2.21. The molecule has 0 saturated carbocycles. The van der Waals surface area contributed by atoms with E-state index in [0.29, 0.717) is 12.1 Å². The van der Waals surface area contributed by atoms with Crippen molar-refractivity contribution in [3.8, 4) is 0 Å². The number of aromatic nitrogens is 1. The summed E-state index contributed by atoms with van der Waals surface area (Å²) in [6.45, 7) is 0.583. The molecule has 1 N–H and O–H groups in total. The van der Waals surface area contributed by atoms with Gasteiger partial charge >= 0.3 is 5.97 Å². The monoisotopic (exact) mass is 349 g/mol. The molecule has 0 radical (unpaired) electrons. The van der Waals surface area contributed by atoms with Crippen molar-refractivity contribution in [2.24, 2.45) is 0 Å². The van der Waals surface area contributed by atoms with Crippen LogP contribution in [-0.4, -0.2) is 27.2 Å². The minimum Gasteiger partial charge on any atom is -0.475 e. The van der Waals surface area contributed by atoms with Gasteiger partial charge in [-0.05, 0) is 23.8 Å². The minimum atomic E-state index is -1.59. The first-order chi connectivity index (χ1) is 9.95. The van der Waals surface area contributed by atoms with Crippen LogP contribution in [0.4, 0.5) is 0 Å². The van der Waals surface area contributed by atoms with Gasteiger partial charge in [0.25, 0.3) is 0 Å². The zero-order valence-corrected chi connectivity index (χ0v) is 12.5. The van der Waals surface area contributed by atoms with Gasteiger partial charge in [0.1, 0.15) is 0 Å². The molecule has 2 rings (SSSR count). The fourth-order valence-corrected chi connectivity index (χ4v) is 2.32. The van der Waals surface area contributed by atoms with Crippen LogP contribution in [0.2, 0.25) is 0 Å². The number of nitrogens with zero attached hydrogens (tertiary/aromatic N) is 1. The smallest absolute Gasteiger partial charge is 0.372 e. The molecule has 1 heterocycles. The fourth-order valence-electron chi connectivity index (χ4n) is 1.87. The molecule has 2 aromatic rings. The second kappa shape index (κ2) is 6.49. The molecule has 0 bridgehead atoms. The highest BCUT2D eigenvalue weighted by molar-refractivity contribution is 9.10. The molecule has 0 aliphatic heterocycles. The van der Waals surface area contributed by atoms with Crippen LogP contribution in [0.3, 0.4) is 0 Å². The normalized spacial score (nSPS) is 10.3. The number of carboxylic acids is 1. The number of hydrogen-bond donors (Lipinski definition) is 1. The standard InChI is InChI=1S/C15H12BrNO4/c16-12-3-1-2-10(6-12)8-17-5-4-11(9-17)13(18)7-14(19)15(20)21/h1-6,9H,7-8H2,(H,20,21). The largest absolute Gasteiger partial charge is 0.475 e. The summed E-state index contributed by atoms with van der Waals surface area (Å²) in [5, 5.41) is 8.49. The molecule has 108 valence electrons. The van der Waals surface area contributed by atoms with Crippen molar-refractivity contribution in [1.29, 1.82) is 0 Å². The molecule has 0 aliphatic rings. The Morgan fingerprint density at radius 3 is 2.62 bits per heavy atom. The lowest BCUT2D eigenvalue weighted by Gasteiger charge is -2.03. The van der Waals surface area contributed by atoms with Crippen LogP contribution in [-0.2, 0) is 16.1 Å². The topological polar surface area (TPSA) is 76.4 Å². The maximum atomic E-state index is 11.8. The van der Waals surface area contributed by atoms with Gasteiger partial charge in [-0.2, -0.15) is 0 Å². The van der Waals surface area contributed by atoms with E-state index in [1.165, 1.54) is 0 Å². The van der Waals surface area contributed by atoms with Crippen LogP contribution < -0.4 is 0 Å². The maximum absolute atomic E-state index is 11.8. The summed E-state index contributed by atoms with van der Waals surface area (Å²) in [5.74, 6) is -3.17. The quantitative estimate of drug-likeness (QED) is 0.493. The van der Waals surface area contributed by atoms with Gasteiger partial charge in [-0.25, -0.2) is 4.79 Å². The lowest BCUT2D eigenvalue weighted by atomic mass is 10.1. The van der Waals surface area contributed by atoms with Crippen molar-refractivity contribution >= 4 is 33.5 Å². The average Bonchev–Trinajstić information content (AvgIpc) is 2.87. The summed E-state index contributed by atoms with van der Waals surface area (Å²) in [6, 6.07) is 9.34. The molecule has 1 aromatic carbocycles. The SMILES string of the molecule is O=C(O)C(=O)CC(=O)c1ccn(Cc2cccc(Br)c2)c1. The Morgan fingerprint density at radius 2 is 1.95 bits per heavy atom. The highest BCUT2D eigenvalue weighted by Gasteiger charge is 2.18. The molecule has 0 atom stereocenters. The minimum absolute atomic E-state index is 0.333. The number of carboxylic acid groups (broad SMARTS) is 1. The molecule has 0 saturated heterocycles. The number of carbonyl (C=O) groups excluding carboxylic acids is 2. The van der Waals surface area contributed by atoms with Crippen LogP contribution in [0.15, 0.2) is 47.2 Å². The van der Waals surface area contributed by atoms with Gasteiger partial charge in [0.2, 0.25) is 5.78 Å². The van der Waals surface area contributed by atoms with Crippen LogP contribution in [0.5, 0.6) is 0 Å². The van der Waals surface area contributed by atoms with Crippen molar-refractivity contribution in [3.05, 3.63) is 58.3 Å². The molecule has 6 heteroatoms. The molecule has 0 fully saturated rings. The zero-order valence-electron chi connectivity index (χ0n) is 11.0. The number of benzene rings is 1. The summed E-state index contributed by atoms with van der Waals surface area (Å²) in [5.41, 5.74) is 1.39. The van der Waals surface area contributed by atoms with E-state index in [-0.39, 0.29) is 0 Å². The number of Topliss-reactive ketones (excluding diaryl/α,β-unsaturated/α-hetero) is 2. The molecule has 0 unspecified atom stereocenters. The Labute approximate surface area is 129 Å². The Kier molecular flexibility index (Phi) is 4.70. The molecule has 21 heavy (non-hydrogen) atoms. The molecule has 0 aliphatic carbocycles. The Morgan fingerprint density at radius 1 is 1.19 bits per heavy atom. The number of halogens is 1. The summed E-state index contributed by atoms with van der Waals surface area (Å²) in [7, 11) is 0. The summed E-state index contributed by atoms with van der Waals surface area (Å²) >= 11 is 3.39. The molecular formula is C15H12BrNO4. The van der Waals surface area contributed by atoms with E-state index in [9.17, 15) is 14.4 Å². The molecule has 1 aromatic heterocycles.